The summed E-state index contributed by atoms with van der Waals surface area (Å²) in [5.41, 5.74) is 0.544. The summed E-state index contributed by atoms with van der Waals surface area (Å²) < 4.78 is 35.7. The Kier molecular flexibility index (Phi) is 2.42. The monoisotopic (exact) mass is 243 g/mol. The average molecular weight is 243 g/mol. The Morgan fingerprint density at radius 2 is 2.06 bits per heavy atom. The van der Waals surface area contributed by atoms with Gasteiger partial charge in [0.25, 0.3) is 0 Å². The van der Waals surface area contributed by atoms with Crippen LogP contribution in [-0.4, -0.2) is 23.2 Å². The Labute approximate surface area is 92.1 Å². The third kappa shape index (κ3) is 1.78. The van der Waals surface area contributed by atoms with Gasteiger partial charge in [0.15, 0.2) is 5.65 Å². The molecule has 0 radical (unpaired) electrons. The van der Waals surface area contributed by atoms with Crippen molar-refractivity contribution >= 4 is 21.3 Å². The molecule has 2 aromatic rings. The molecule has 0 N–H and O–H groups in total. The van der Waals surface area contributed by atoms with Crippen LogP contribution in [-0.2, 0) is 10.2 Å². The largest absolute Gasteiger partial charge is 0.333 e. The Hall–Kier alpha value is -1.50. The molecule has 2 aromatic heterocycles. The van der Waals surface area contributed by atoms with Crippen molar-refractivity contribution in [2.24, 2.45) is 0 Å². The van der Waals surface area contributed by atoms with E-state index in [1.807, 2.05) is 13.8 Å². The van der Waals surface area contributed by atoms with Gasteiger partial charge < -0.3 is 0 Å². The molecular formula is C9H10FN3O2S. The van der Waals surface area contributed by atoms with Crippen LogP contribution in [0.4, 0.5) is 3.89 Å². The Morgan fingerprint density at radius 1 is 1.38 bits per heavy atom. The molecule has 0 spiro atoms. The Balaban J connectivity index is 2.67. The minimum absolute atomic E-state index is 0.109. The summed E-state index contributed by atoms with van der Waals surface area (Å²) in [6.45, 7) is 3.85. The van der Waals surface area contributed by atoms with Crippen LogP contribution >= 0.6 is 0 Å². The van der Waals surface area contributed by atoms with E-state index in [0.717, 1.165) is 6.20 Å². The quantitative estimate of drug-likeness (QED) is 0.752. The van der Waals surface area contributed by atoms with Crippen LogP contribution in [0.5, 0.6) is 0 Å². The van der Waals surface area contributed by atoms with Gasteiger partial charge in [0.05, 0.1) is 12.4 Å². The molecule has 0 bridgehead atoms. The first-order valence-corrected chi connectivity index (χ1v) is 6.06. The maximum atomic E-state index is 12.7. The summed E-state index contributed by atoms with van der Waals surface area (Å²) in [5, 5.41) is 4.56. The van der Waals surface area contributed by atoms with E-state index in [-0.39, 0.29) is 6.04 Å². The fraction of sp³-hybridized carbons (Fsp3) is 0.333. The van der Waals surface area contributed by atoms with Gasteiger partial charge >= 0.3 is 10.2 Å². The van der Waals surface area contributed by atoms with E-state index < -0.39 is 15.1 Å². The molecule has 16 heavy (non-hydrogen) atoms. The average Bonchev–Trinajstić information content (AvgIpc) is 2.58. The molecule has 0 aliphatic rings. The third-order valence-corrected chi connectivity index (χ3v) is 2.97. The highest BCUT2D eigenvalue weighted by Crippen LogP contribution is 2.19. The number of fused-ring (bicyclic) bond motifs is 1. The molecule has 2 rings (SSSR count). The molecule has 5 nitrogen and oxygen atoms in total. The van der Waals surface area contributed by atoms with E-state index in [9.17, 15) is 12.3 Å². The molecule has 2 heterocycles. The Morgan fingerprint density at radius 3 is 2.62 bits per heavy atom. The van der Waals surface area contributed by atoms with Crippen molar-refractivity contribution in [3.63, 3.8) is 0 Å². The molecule has 0 saturated carbocycles. The normalized spacial score (nSPS) is 12.5. The van der Waals surface area contributed by atoms with Gasteiger partial charge in [-0.1, -0.05) is 0 Å². The summed E-state index contributed by atoms with van der Waals surface area (Å²) >= 11 is 0. The third-order valence-electron chi connectivity index (χ3n) is 2.18. The molecule has 7 heteroatoms. The summed E-state index contributed by atoms with van der Waals surface area (Å²) in [6.07, 6.45) is 2.47. The van der Waals surface area contributed by atoms with Crippen LogP contribution in [0.15, 0.2) is 23.4 Å². The van der Waals surface area contributed by atoms with E-state index >= 15 is 0 Å². The molecule has 0 atom stereocenters. The molecule has 0 aromatic carbocycles. The molecule has 0 aliphatic carbocycles. The zero-order valence-corrected chi connectivity index (χ0v) is 9.57. The van der Waals surface area contributed by atoms with Crippen LogP contribution in [0.25, 0.3) is 11.0 Å². The Bertz CT molecular complexity index is 633. The molecule has 0 unspecified atom stereocenters. The van der Waals surface area contributed by atoms with Gasteiger partial charge in [0.1, 0.15) is 4.90 Å². The van der Waals surface area contributed by atoms with Gasteiger partial charge in [-0.15, -0.1) is 3.89 Å². The summed E-state index contributed by atoms with van der Waals surface area (Å²) in [5.74, 6) is 0. The van der Waals surface area contributed by atoms with E-state index in [2.05, 4.69) is 10.1 Å². The summed E-state index contributed by atoms with van der Waals surface area (Å²) in [6, 6.07) is 1.33. The number of hydrogen-bond donors (Lipinski definition) is 0. The number of pyridine rings is 1. The maximum absolute atomic E-state index is 12.7. The zero-order valence-electron chi connectivity index (χ0n) is 8.75. The number of rotatable bonds is 2. The second-order valence-electron chi connectivity index (χ2n) is 3.70. The molecule has 0 saturated heterocycles. The highest BCUT2D eigenvalue weighted by Gasteiger charge is 2.15. The van der Waals surface area contributed by atoms with Crippen LogP contribution in [0.2, 0.25) is 0 Å². The number of nitrogens with zero attached hydrogens (tertiary/aromatic N) is 3. The zero-order chi connectivity index (χ0) is 11.9. The van der Waals surface area contributed by atoms with Crippen LogP contribution in [0.1, 0.15) is 19.9 Å². The first kappa shape index (κ1) is 11.0. The lowest BCUT2D eigenvalue weighted by molar-refractivity contribution is 0.545. The van der Waals surface area contributed by atoms with Gasteiger partial charge in [-0.05, 0) is 19.9 Å². The minimum Gasteiger partial charge on any atom is -0.245 e. The lowest BCUT2D eigenvalue weighted by Gasteiger charge is -2.05. The highest BCUT2D eigenvalue weighted by atomic mass is 32.3. The van der Waals surface area contributed by atoms with E-state index in [1.54, 1.807) is 4.68 Å². The van der Waals surface area contributed by atoms with Gasteiger partial charge in [-0.3, -0.25) is 0 Å². The first-order valence-electron chi connectivity index (χ1n) is 4.67. The van der Waals surface area contributed by atoms with Crippen LogP contribution in [0, 0.1) is 0 Å². The van der Waals surface area contributed by atoms with Crippen molar-refractivity contribution in [3.8, 4) is 0 Å². The van der Waals surface area contributed by atoms with Crippen LogP contribution in [0.3, 0.4) is 0 Å². The van der Waals surface area contributed by atoms with E-state index in [4.69, 9.17) is 0 Å². The lowest BCUT2D eigenvalue weighted by atomic mass is 10.3. The number of hydrogen-bond acceptors (Lipinski definition) is 4. The van der Waals surface area contributed by atoms with E-state index in [0.29, 0.717) is 11.0 Å². The fourth-order valence-electron chi connectivity index (χ4n) is 1.43. The summed E-state index contributed by atoms with van der Waals surface area (Å²) in [7, 11) is -4.70. The second kappa shape index (κ2) is 3.51. The molecule has 86 valence electrons. The minimum atomic E-state index is -4.70. The smallest absolute Gasteiger partial charge is 0.245 e. The van der Waals surface area contributed by atoms with Gasteiger partial charge in [-0.2, -0.15) is 13.5 Å². The second-order valence-corrected chi connectivity index (χ2v) is 5.05. The number of aromatic nitrogens is 3. The molecular weight excluding hydrogens is 233 g/mol. The van der Waals surface area contributed by atoms with Crippen LogP contribution < -0.4 is 0 Å². The summed E-state index contributed by atoms with van der Waals surface area (Å²) in [4.78, 5) is 3.47. The van der Waals surface area contributed by atoms with Crippen molar-refractivity contribution in [2.45, 2.75) is 24.8 Å². The SMILES string of the molecule is CC(C)n1ncc2cc(S(=O)(=O)F)cnc21. The van der Waals surface area contributed by atoms with Crippen molar-refractivity contribution in [2.75, 3.05) is 0 Å². The molecule has 0 amide bonds. The predicted octanol–water partition coefficient (Wildman–Crippen LogP) is 1.67. The number of halogens is 1. The van der Waals surface area contributed by atoms with Gasteiger partial charge in [-0.25, -0.2) is 9.67 Å². The first-order chi connectivity index (χ1) is 7.39. The topological polar surface area (TPSA) is 64.8 Å². The predicted molar refractivity (Wildman–Crippen MR) is 56.2 cm³/mol. The van der Waals surface area contributed by atoms with Crippen molar-refractivity contribution in [1.82, 2.24) is 14.8 Å². The van der Waals surface area contributed by atoms with E-state index in [1.165, 1.54) is 12.3 Å². The van der Waals surface area contributed by atoms with Crippen molar-refractivity contribution in [3.05, 3.63) is 18.5 Å². The fourth-order valence-corrected chi connectivity index (χ4v) is 1.88. The van der Waals surface area contributed by atoms with Crippen molar-refractivity contribution in [1.29, 1.82) is 0 Å². The maximum Gasteiger partial charge on any atom is 0.333 e. The van der Waals surface area contributed by atoms with Gasteiger partial charge in [0.2, 0.25) is 0 Å². The standard InChI is InChI=1S/C9H10FN3O2S/c1-6(2)13-9-7(4-12-13)3-8(5-11-9)16(10,14)15/h3-6H,1-2H3. The van der Waals surface area contributed by atoms with Crippen molar-refractivity contribution < 1.29 is 12.3 Å². The molecule has 0 aliphatic heterocycles. The lowest BCUT2D eigenvalue weighted by Crippen LogP contribution is -2.03. The molecule has 0 fully saturated rings. The van der Waals surface area contributed by atoms with Gasteiger partial charge in [0, 0.05) is 11.4 Å². The highest BCUT2D eigenvalue weighted by molar-refractivity contribution is 7.86.